The van der Waals surface area contributed by atoms with E-state index in [1.54, 1.807) is 26.4 Å². The van der Waals surface area contributed by atoms with Crippen molar-refractivity contribution >= 4 is 5.69 Å². The summed E-state index contributed by atoms with van der Waals surface area (Å²) in [5, 5.41) is 0. The molecule has 2 N–H and O–H groups in total. The summed E-state index contributed by atoms with van der Waals surface area (Å²) in [6.07, 6.45) is 3.07. The molecule has 0 fully saturated rings. The average molecular weight is 261 g/mol. The number of benzene rings is 1. The molecule has 0 radical (unpaired) electrons. The maximum Gasteiger partial charge on any atom is 0.203 e. The lowest BCUT2D eigenvalue weighted by atomic mass is 10.3. The smallest absolute Gasteiger partial charge is 0.203 e. The molecule has 6 nitrogen and oxygen atoms in total. The minimum atomic E-state index is 0.226. The Bertz CT molecular complexity index is 543. The summed E-state index contributed by atoms with van der Waals surface area (Å²) >= 11 is 0. The van der Waals surface area contributed by atoms with Gasteiger partial charge in [-0.1, -0.05) is 6.07 Å². The molecule has 0 spiro atoms. The van der Waals surface area contributed by atoms with Crippen LogP contribution in [0.4, 0.5) is 5.69 Å². The number of para-hydroxylation sites is 1. The fourth-order valence-electron chi connectivity index (χ4n) is 1.55. The van der Waals surface area contributed by atoms with E-state index in [0.29, 0.717) is 28.8 Å². The Balaban J connectivity index is 2.13. The van der Waals surface area contributed by atoms with Gasteiger partial charge in [0.15, 0.2) is 17.3 Å². The van der Waals surface area contributed by atoms with Crippen molar-refractivity contribution < 1.29 is 14.2 Å². The van der Waals surface area contributed by atoms with Gasteiger partial charge in [-0.15, -0.1) is 0 Å². The van der Waals surface area contributed by atoms with Crippen molar-refractivity contribution in [3.05, 3.63) is 36.4 Å². The number of anilines is 1. The molecular weight excluding hydrogens is 246 g/mol. The van der Waals surface area contributed by atoms with E-state index in [1.807, 2.05) is 6.07 Å². The Hall–Kier alpha value is -2.50. The lowest BCUT2D eigenvalue weighted by Gasteiger charge is -2.12. The summed E-state index contributed by atoms with van der Waals surface area (Å²) in [5.41, 5.74) is 6.03. The summed E-state index contributed by atoms with van der Waals surface area (Å²) in [7, 11) is 3.13. The predicted octanol–water partition coefficient (Wildman–Crippen LogP) is 1.65. The molecule has 6 heteroatoms. The van der Waals surface area contributed by atoms with E-state index in [1.165, 1.54) is 12.4 Å². The van der Waals surface area contributed by atoms with E-state index in [2.05, 4.69) is 9.97 Å². The third-order valence-corrected chi connectivity index (χ3v) is 2.45. The van der Waals surface area contributed by atoms with Crippen molar-refractivity contribution in [3.8, 4) is 17.2 Å². The van der Waals surface area contributed by atoms with Crippen molar-refractivity contribution in [1.29, 1.82) is 0 Å². The Morgan fingerprint density at radius 1 is 1.05 bits per heavy atom. The normalized spacial score (nSPS) is 10.0. The molecule has 1 aromatic heterocycles. The zero-order valence-electron chi connectivity index (χ0n) is 10.8. The fraction of sp³-hybridized carbons (Fsp3) is 0.231. The van der Waals surface area contributed by atoms with Crippen molar-refractivity contribution in [1.82, 2.24) is 9.97 Å². The highest BCUT2D eigenvalue weighted by Gasteiger charge is 2.11. The number of rotatable bonds is 5. The number of hydrogen-bond donors (Lipinski definition) is 1. The molecule has 0 saturated heterocycles. The molecule has 100 valence electrons. The van der Waals surface area contributed by atoms with Crippen LogP contribution in [0.5, 0.6) is 17.2 Å². The van der Waals surface area contributed by atoms with Crippen molar-refractivity contribution in [2.45, 2.75) is 6.61 Å². The maximum absolute atomic E-state index is 5.63. The van der Waals surface area contributed by atoms with E-state index in [4.69, 9.17) is 19.9 Å². The third-order valence-electron chi connectivity index (χ3n) is 2.45. The molecule has 0 aliphatic heterocycles. The molecule has 2 rings (SSSR count). The Kier molecular flexibility index (Phi) is 4.02. The van der Waals surface area contributed by atoms with Gasteiger partial charge in [-0.2, -0.15) is 0 Å². The average Bonchev–Trinajstić information content (AvgIpc) is 2.46. The minimum Gasteiger partial charge on any atom is -0.493 e. The van der Waals surface area contributed by atoms with E-state index >= 15 is 0 Å². The summed E-state index contributed by atoms with van der Waals surface area (Å²) in [5.74, 6) is 2.26. The standard InChI is InChI=1S/C13H15N3O3/c1-17-10-4-3-5-11(13(10)18-2)19-8-12-15-6-9(14)7-16-12/h3-7H,8,14H2,1-2H3. The molecule has 0 bridgehead atoms. The monoisotopic (exact) mass is 261 g/mol. The summed E-state index contributed by atoms with van der Waals surface area (Å²) in [4.78, 5) is 8.12. The summed E-state index contributed by atoms with van der Waals surface area (Å²) in [6.45, 7) is 0.226. The van der Waals surface area contributed by atoms with Crippen LogP contribution in [0.2, 0.25) is 0 Å². The number of methoxy groups -OCH3 is 2. The van der Waals surface area contributed by atoms with E-state index < -0.39 is 0 Å². The van der Waals surface area contributed by atoms with Gasteiger partial charge >= 0.3 is 0 Å². The molecule has 0 unspecified atom stereocenters. The van der Waals surface area contributed by atoms with Gasteiger partial charge in [0.25, 0.3) is 0 Å². The quantitative estimate of drug-likeness (QED) is 0.881. The zero-order valence-corrected chi connectivity index (χ0v) is 10.8. The number of hydrogen-bond acceptors (Lipinski definition) is 6. The number of nitrogen functional groups attached to an aromatic ring is 1. The predicted molar refractivity (Wildman–Crippen MR) is 70.3 cm³/mol. The largest absolute Gasteiger partial charge is 0.493 e. The Morgan fingerprint density at radius 2 is 1.74 bits per heavy atom. The minimum absolute atomic E-state index is 0.226. The van der Waals surface area contributed by atoms with Crippen LogP contribution >= 0.6 is 0 Å². The first kappa shape index (κ1) is 12.9. The molecule has 0 atom stereocenters. The lowest BCUT2D eigenvalue weighted by molar-refractivity contribution is 0.268. The molecule has 0 saturated carbocycles. The number of ether oxygens (including phenoxy) is 3. The van der Waals surface area contributed by atoms with Gasteiger partial charge in [-0.05, 0) is 12.1 Å². The first-order valence-corrected chi connectivity index (χ1v) is 5.64. The van der Waals surface area contributed by atoms with Gasteiger partial charge in [0, 0.05) is 0 Å². The second-order valence-electron chi connectivity index (χ2n) is 3.71. The number of nitrogens with two attached hydrogens (primary N) is 1. The Labute approximate surface area is 111 Å². The van der Waals surface area contributed by atoms with Crippen LogP contribution in [0.15, 0.2) is 30.6 Å². The van der Waals surface area contributed by atoms with Crippen molar-refractivity contribution in [2.24, 2.45) is 0 Å². The highest BCUT2D eigenvalue weighted by atomic mass is 16.5. The first-order chi connectivity index (χ1) is 9.24. The molecule has 19 heavy (non-hydrogen) atoms. The van der Waals surface area contributed by atoms with Crippen LogP contribution in [-0.2, 0) is 6.61 Å². The van der Waals surface area contributed by atoms with Crippen LogP contribution < -0.4 is 19.9 Å². The van der Waals surface area contributed by atoms with Crippen LogP contribution in [0.25, 0.3) is 0 Å². The van der Waals surface area contributed by atoms with E-state index in [0.717, 1.165) is 0 Å². The van der Waals surface area contributed by atoms with Crippen molar-refractivity contribution in [2.75, 3.05) is 20.0 Å². The van der Waals surface area contributed by atoms with Crippen LogP contribution in [0.1, 0.15) is 5.82 Å². The van der Waals surface area contributed by atoms with Gasteiger partial charge in [-0.3, -0.25) is 0 Å². The van der Waals surface area contributed by atoms with Crippen LogP contribution in [0.3, 0.4) is 0 Å². The highest BCUT2D eigenvalue weighted by Crippen LogP contribution is 2.36. The van der Waals surface area contributed by atoms with Crippen LogP contribution in [0, 0.1) is 0 Å². The van der Waals surface area contributed by atoms with Gasteiger partial charge in [-0.25, -0.2) is 9.97 Å². The molecule has 0 aliphatic rings. The van der Waals surface area contributed by atoms with Gasteiger partial charge < -0.3 is 19.9 Å². The van der Waals surface area contributed by atoms with E-state index in [-0.39, 0.29) is 6.61 Å². The third kappa shape index (κ3) is 3.04. The molecule has 0 aliphatic carbocycles. The molecular formula is C13H15N3O3. The summed E-state index contributed by atoms with van der Waals surface area (Å²) < 4.78 is 16.1. The van der Waals surface area contributed by atoms with Crippen molar-refractivity contribution in [3.63, 3.8) is 0 Å². The lowest BCUT2D eigenvalue weighted by Crippen LogP contribution is -2.03. The number of aromatic nitrogens is 2. The fourth-order valence-corrected chi connectivity index (χ4v) is 1.55. The van der Waals surface area contributed by atoms with Gasteiger partial charge in [0.05, 0.1) is 32.3 Å². The van der Waals surface area contributed by atoms with Crippen LogP contribution in [-0.4, -0.2) is 24.2 Å². The number of nitrogens with zero attached hydrogens (tertiary/aromatic N) is 2. The zero-order chi connectivity index (χ0) is 13.7. The second kappa shape index (κ2) is 5.90. The molecule has 1 heterocycles. The molecule has 0 amide bonds. The molecule has 2 aromatic rings. The maximum atomic E-state index is 5.63. The second-order valence-corrected chi connectivity index (χ2v) is 3.71. The summed E-state index contributed by atoms with van der Waals surface area (Å²) in [6, 6.07) is 5.41. The van der Waals surface area contributed by atoms with Gasteiger partial charge in [0.2, 0.25) is 5.75 Å². The van der Waals surface area contributed by atoms with E-state index in [9.17, 15) is 0 Å². The topological polar surface area (TPSA) is 79.5 Å². The SMILES string of the molecule is COc1cccc(OCc2ncc(N)cn2)c1OC. The molecule has 1 aromatic carbocycles. The van der Waals surface area contributed by atoms with Gasteiger partial charge in [0.1, 0.15) is 6.61 Å². The first-order valence-electron chi connectivity index (χ1n) is 5.64. The highest BCUT2D eigenvalue weighted by molar-refractivity contribution is 5.51. The Morgan fingerprint density at radius 3 is 2.37 bits per heavy atom.